The summed E-state index contributed by atoms with van der Waals surface area (Å²) >= 11 is 0. The maximum Gasteiger partial charge on any atom is 0.519 e. The van der Waals surface area contributed by atoms with Crippen molar-refractivity contribution in [2.24, 2.45) is 5.22 Å². The zero-order valence-corrected chi connectivity index (χ0v) is 34.6. The fourth-order valence-corrected chi connectivity index (χ4v) is 7.76. The second-order valence-corrected chi connectivity index (χ2v) is 15.0. The normalized spacial score (nSPS) is 12.4. The second-order valence-electron chi connectivity index (χ2n) is 15.0. The highest BCUT2D eigenvalue weighted by atomic mass is 16.6. The molecule has 0 bridgehead atoms. The average molecular weight is 817 g/mol. The van der Waals surface area contributed by atoms with Crippen LogP contribution in [0.25, 0.3) is 11.1 Å². The van der Waals surface area contributed by atoms with Crippen molar-refractivity contribution < 1.29 is 23.5 Å². The van der Waals surface area contributed by atoms with Gasteiger partial charge in [0.1, 0.15) is 22.7 Å². The Morgan fingerprint density at radius 1 is 0.836 bits per heavy atom. The van der Waals surface area contributed by atoms with Gasteiger partial charge in [0.2, 0.25) is 0 Å². The average Bonchev–Trinajstić information content (AvgIpc) is 3.83. The minimum Gasteiger partial charge on any atom is -0.453 e. The van der Waals surface area contributed by atoms with Gasteiger partial charge < -0.3 is 23.2 Å². The highest BCUT2D eigenvalue weighted by Gasteiger charge is 2.45. The first kappa shape index (κ1) is 42.0. The molecule has 0 spiro atoms. The van der Waals surface area contributed by atoms with Gasteiger partial charge >= 0.3 is 11.8 Å². The molecule has 2 heterocycles. The molecule has 0 fully saturated rings. The molecule has 2 aromatic heterocycles. The van der Waals surface area contributed by atoms with Crippen molar-refractivity contribution in [3.63, 3.8) is 0 Å². The van der Waals surface area contributed by atoms with Gasteiger partial charge in [0.15, 0.2) is 29.7 Å². The number of nitrogens with zero attached hydrogens (tertiary/aromatic N) is 4. The largest absolute Gasteiger partial charge is 0.519 e. The van der Waals surface area contributed by atoms with Crippen LogP contribution in [0.3, 0.4) is 0 Å². The van der Waals surface area contributed by atoms with Gasteiger partial charge in [0, 0.05) is 18.5 Å². The number of benzene rings is 5. The third-order valence-corrected chi connectivity index (χ3v) is 11.1. The smallest absolute Gasteiger partial charge is 0.453 e. The highest BCUT2D eigenvalue weighted by Crippen LogP contribution is 2.44. The second kappa shape index (κ2) is 18.0. The van der Waals surface area contributed by atoms with Crippen LogP contribution in [0.15, 0.2) is 158 Å². The number of carbonyl (C=O) groups excluding carboxylic acids is 1. The van der Waals surface area contributed by atoms with Crippen molar-refractivity contribution in [3.8, 4) is 11.1 Å². The lowest BCUT2D eigenvalue weighted by molar-refractivity contribution is 0.0345. The maximum absolute atomic E-state index is 13.9. The number of rotatable bonds is 16. The first-order valence-corrected chi connectivity index (χ1v) is 20.2. The monoisotopic (exact) mass is 816 g/mol. The predicted molar refractivity (Wildman–Crippen MR) is 231 cm³/mol. The van der Waals surface area contributed by atoms with Crippen LogP contribution < -0.4 is 5.82 Å². The van der Waals surface area contributed by atoms with Crippen LogP contribution in [0.1, 0.15) is 95.0 Å². The number of aryl methyl sites for hydroxylation is 2. The predicted octanol–water partition coefficient (Wildman–Crippen LogP) is 9.95. The summed E-state index contributed by atoms with van der Waals surface area (Å²) in [7, 11) is 0. The maximum atomic E-state index is 13.9. The lowest BCUT2D eigenvalue weighted by Gasteiger charge is -2.42. The van der Waals surface area contributed by atoms with E-state index in [0.717, 1.165) is 39.8 Å². The van der Waals surface area contributed by atoms with Gasteiger partial charge in [-0.2, -0.15) is 5.53 Å². The number of hydrogen-bond acceptors (Lipinski definition) is 10. The first-order valence-electron chi connectivity index (χ1n) is 20.2. The van der Waals surface area contributed by atoms with E-state index in [-0.39, 0.29) is 41.9 Å². The molecule has 5 aromatic carbocycles. The molecule has 0 saturated carbocycles. The Kier molecular flexibility index (Phi) is 12.4. The quantitative estimate of drug-likeness (QED) is 0.0216. The molecule has 7 aromatic rings. The molecule has 1 atom stereocenters. The van der Waals surface area contributed by atoms with E-state index >= 15 is 0 Å². The molecule has 7 rings (SSSR count). The van der Waals surface area contributed by atoms with Crippen molar-refractivity contribution in [2.75, 3.05) is 0 Å². The molecule has 12 nitrogen and oxygen atoms in total. The molecule has 0 radical (unpaired) electrons. The number of aliphatic hydroxyl groups is 1. The zero-order chi connectivity index (χ0) is 43.1. The summed E-state index contributed by atoms with van der Waals surface area (Å²) in [5.41, 5.74) is 11.9. The van der Waals surface area contributed by atoms with Gasteiger partial charge in [0.05, 0.1) is 0 Å². The van der Waals surface area contributed by atoms with Gasteiger partial charge in [-0.25, -0.2) is 19.6 Å². The van der Waals surface area contributed by atoms with E-state index in [2.05, 4.69) is 5.22 Å². The number of nitrogens with one attached hydrogen (secondary N) is 2. The Morgan fingerprint density at radius 3 is 1.90 bits per heavy atom. The molecule has 0 aliphatic carbocycles. The molecule has 0 saturated heterocycles. The third-order valence-electron chi connectivity index (χ3n) is 11.1. The number of carbonyl (C=O) groups is 1. The van der Waals surface area contributed by atoms with Crippen LogP contribution in [0, 0.1) is 17.9 Å². The molecular formula is C49H48N6O6. The van der Waals surface area contributed by atoms with Crippen molar-refractivity contribution in [2.45, 2.75) is 71.2 Å². The Morgan fingerprint density at radius 2 is 1.39 bits per heavy atom. The first-order chi connectivity index (χ1) is 29.5. The van der Waals surface area contributed by atoms with Crippen LogP contribution in [0.4, 0.5) is 0 Å². The van der Waals surface area contributed by atoms with E-state index in [1.165, 1.54) is 5.01 Å². The highest BCUT2D eigenvalue weighted by molar-refractivity contribution is 6.03. The summed E-state index contributed by atoms with van der Waals surface area (Å²) in [6.07, 6.45) is 1.57. The standard InChI is InChI=1S/C49H48N6O6/c1-5-18-42-52-44(48(4,58)6-2)43(46(56)59-32-41-33(3)60-47(57)61-41)54(42)31-34-27-29-35(30-28-34)39-25-16-17-26-40(39)45(50)55(53-51)49(36-19-10-7-11-20-36,37-21-12-8-13-22-37)38-23-14-9-15-24-38/h7-17,19-30,50-51,58H,5-6,18,31-32H2,1-4H3. The lowest BCUT2D eigenvalue weighted by atomic mass is 9.76. The Hall–Kier alpha value is -7.18. The zero-order valence-electron chi connectivity index (χ0n) is 34.6. The molecule has 1 unspecified atom stereocenters. The van der Waals surface area contributed by atoms with E-state index in [9.17, 15) is 20.1 Å². The summed E-state index contributed by atoms with van der Waals surface area (Å²) in [5.74, 6) is -0.674. The summed E-state index contributed by atoms with van der Waals surface area (Å²) in [6, 6.07) is 45.0. The van der Waals surface area contributed by atoms with E-state index in [1.54, 1.807) is 18.4 Å². The topological polar surface area (TPSA) is 171 Å². The Balaban J connectivity index is 1.27. The van der Waals surface area contributed by atoms with Gasteiger partial charge in [-0.1, -0.05) is 159 Å². The van der Waals surface area contributed by atoms with Crippen LogP contribution in [0.5, 0.6) is 0 Å². The van der Waals surface area contributed by atoms with Crippen molar-refractivity contribution in [3.05, 3.63) is 207 Å². The van der Waals surface area contributed by atoms with Gasteiger partial charge in [-0.05, 0) is 60.1 Å². The van der Waals surface area contributed by atoms with Crippen LogP contribution >= 0.6 is 0 Å². The van der Waals surface area contributed by atoms with E-state index in [0.29, 0.717) is 24.2 Å². The molecule has 0 aliphatic rings. The summed E-state index contributed by atoms with van der Waals surface area (Å²) < 4.78 is 17.4. The number of imidazole rings is 1. The fourth-order valence-electron chi connectivity index (χ4n) is 7.76. The summed E-state index contributed by atoms with van der Waals surface area (Å²) in [4.78, 5) is 30.4. The van der Waals surface area contributed by atoms with Gasteiger partial charge in [-0.15, -0.1) is 0 Å². The number of esters is 1. The summed E-state index contributed by atoms with van der Waals surface area (Å²) in [5, 5.41) is 27.0. The van der Waals surface area contributed by atoms with Gasteiger partial charge in [0.25, 0.3) is 0 Å². The van der Waals surface area contributed by atoms with Gasteiger partial charge in [-0.3, -0.25) is 5.41 Å². The van der Waals surface area contributed by atoms with Crippen molar-refractivity contribution in [1.29, 1.82) is 10.9 Å². The summed E-state index contributed by atoms with van der Waals surface area (Å²) in [6.45, 7) is 6.90. The molecule has 3 N–H and O–H groups in total. The number of aromatic nitrogens is 2. The minimum absolute atomic E-state index is 0.0254. The van der Waals surface area contributed by atoms with E-state index < -0.39 is 22.9 Å². The fraction of sp³-hybridized carbons (Fsp3) is 0.224. The molecular weight excluding hydrogens is 769 g/mol. The Bertz CT molecular complexity index is 2590. The van der Waals surface area contributed by atoms with Crippen LogP contribution in [-0.4, -0.2) is 31.5 Å². The molecule has 310 valence electrons. The van der Waals surface area contributed by atoms with E-state index in [1.807, 2.05) is 153 Å². The molecule has 12 heteroatoms. The van der Waals surface area contributed by atoms with Crippen molar-refractivity contribution >= 4 is 11.8 Å². The van der Waals surface area contributed by atoms with Crippen LogP contribution in [0.2, 0.25) is 0 Å². The number of amidine groups is 1. The molecule has 0 aliphatic heterocycles. The molecule has 0 amide bonds. The number of ether oxygens (including phenoxy) is 1. The van der Waals surface area contributed by atoms with Crippen molar-refractivity contribution in [1.82, 2.24) is 14.6 Å². The van der Waals surface area contributed by atoms with Crippen LogP contribution in [-0.2, 0) is 35.4 Å². The SMILES string of the molecule is CCCc1nc(C(C)(O)CC)c(C(=O)OCc2oc(=O)oc2C)n1Cc1ccc(-c2ccccc2C(=N)N(N=N)C(c2ccccc2)(c2ccccc2)c2ccccc2)cc1. The Labute approximate surface area is 354 Å². The lowest BCUT2D eigenvalue weighted by Crippen LogP contribution is -2.48. The number of hydrogen-bond donors (Lipinski definition) is 3. The molecule has 61 heavy (non-hydrogen) atoms. The third kappa shape index (κ3) is 8.22. The minimum atomic E-state index is -1.43. The van der Waals surface area contributed by atoms with E-state index in [4.69, 9.17) is 24.1 Å².